The molecule has 0 unspecified atom stereocenters. The number of hydrogen-bond acceptors (Lipinski definition) is 7. The minimum absolute atomic E-state index is 0.0233. The molecule has 3 heterocycles. The van der Waals surface area contributed by atoms with Gasteiger partial charge in [-0.1, -0.05) is 12.1 Å². The number of methoxy groups -OCH3 is 1. The topological polar surface area (TPSA) is 88.6 Å². The van der Waals surface area contributed by atoms with Crippen molar-refractivity contribution in [3.05, 3.63) is 51.8 Å². The van der Waals surface area contributed by atoms with Crippen LogP contribution < -0.4 is 9.46 Å². The molecule has 1 N–H and O–H groups in total. The summed E-state index contributed by atoms with van der Waals surface area (Å²) in [5.74, 6) is 0.742. The first-order valence-corrected chi connectivity index (χ1v) is 13.5. The molecule has 0 bridgehead atoms. The summed E-state index contributed by atoms with van der Waals surface area (Å²) in [6.07, 6.45) is 3.23. The number of carbonyl (C=O) groups is 1. The molecule has 1 saturated heterocycles. The van der Waals surface area contributed by atoms with Crippen molar-refractivity contribution in [3.8, 4) is 16.3 Å². The standard InChI is InChI=1S/C22H25N3O4S3/c1-15-20(22(26)25-10-4-3-5-11-25)31-21(24-15)17-12-19(30-14-17)32(27,28)23-13-16-6-8-18(29-2)9-7-16/h6-9,12,14,23H,3-5,10-11,13H2,1-2H3. The third kappa shape index (κ3) is 5.03. The summed E-state index contributed by atoms with van der Waals surface area (Å²) in [5.41, 5.74) is 2.24. The highest BCUT2D eigenvalue weighted by atomic mass is 32.2. The molecule has 1 fully saturated rings. The number of rotatable bonds is 7. The summed E-state index contributed by atoms with van der Waals surface area (Å²) in [6.45, 7) is 3.58. The number of nitrogens with one attached hydrogen (secondary N) is 1. The normalized spacial score (nSPS) is 14.5. The number of aryl methyl sites for hydroxylation is 1. The molecule has 32 heavy (non-hydrogen) atoms. The lowest BCUT2D eigenvalue weighted by atomic mass is 10.1. The van der Waals surface area contributed by atoms with E-state index in [1.54, 1.807) is 30.7 Å². The van der Waals surface area contributed by atoms with Gasteiger partial charge in [0.25, 0.3) is 5.91 Å². The van der Waals surface area contributed by atoms with Crippen LogP contribution in [0.1, 0.15) is 40.2 Å². The molecule has 7 nitrogen and oxygen atoms in total. The molecular formula is C22H25N3O4S3. The average molecular weight is 492 g/mol. The Morgan fingerprint density at radius 2 is 1.91 bits per heavy atom. The van der Waals surface area contributed by atoms with Gasteiger partial charge in [0.1, 0.15) is 19.8 Å². The quantitative estimate of drug-likeness (QED) is 0.533. The largest absolute Gasteiger partial charge is 0.497 e. The molecule has 1 aliphatic rings. The van der Waals surface area contributed by atoms with Crippen LogP contribution in [0.4, 0.5) is 0 Å². The minimum Gasteiger partial charge on any atom is -0.497 e. The monoisotopic (exact) mass is 491 g/mol. The Kier molecular flexibility index (Phi) is 6.94. The van der Waals surface area contributed by atoms with Gasteiger partial charge in [0.05, 0.1) is 12.8 Å². The van der Waals surface area contributed by atoms with Crippen LogP contribution in [0, 0.1) is 6.92 Å². The van der Waals surface area contributed by atoms with Crippen LogP contribution in [-0.2, 0) is 16.6 Å². The van der Waals surface area contributed by atoms with Crippen LogP contribution in [0.3, 0.4) is 0 Å². The highest BCUT2D eigenvalue weighted by molar-refractivity contribution is 7.91. The predicted molar refractivity (Wildman–Crippen MR) is 127 cm³/mol. The van der Waals surface area contributed by atoms with Crippen molar-refractivity contribution in [2.24, 2.45) is 0 Å². The van der Waals surface area contributed by atoms with Gasteiger partial charge in [0.2, 0.25) is 10.0 Å². The van der Waals surface area contributed by atoms with E-state index < -0.39 is 10.0 Å². The number of piperidine rings is 1. The lowest BCUT2D eigenvalue weighted by Gasteiger charge is -2.26. The van der Waals surface area contributed by atoms with Crippen LogP contribution in [0.25, 0.3) is 10.6 Å². The van der Waals surface area contributed by atoms with Crippen molar-refractivity contribution in [2.75, 3.05) is 20.2 Å². The van der Waals surface area contributed by atoms with Gasteiger partial charge in [-0.15, -0.1) is 22.7 Å². The Morgan fingerprint density at radius 1 is 1.19 bits per heavy atom. The van der Waals surface area contributed by atoms with Gasteiger partial charge in [-0.3, -0.25) is 4.79 Å². The number of ether oxygens (including phenoxy) is 1. The Bertz CT molecular complexity index is 1190. The number of thiophene rings is 1. The number of carbonyl (C=O) groups excluding carboxylic acids is 1. The van der Waals surface area contributed by atoms with E-state index >= 15 is 0 Å². The zero-order valence-electron chi connectivity index (χ0n) is 18.0. The summed E-state index contributed by atoms with van der Waals surface area (Å²) in [4.78, 5) is 20.0. The van der Waals surface area contributed by atoms with Crippen LogP contribution in [0.15, 0.2) is 39.9 Å². The van der Waals surface area contributed by atoms with E-state index in [1.165, 1.54) is 11.3 Å². The first kappa shape index (κ1) is 22.9. The summed E-state index contributed by atoms with van der Waals surface area (Å²) in [5, 5.41) is 2.44. The van der Waals surface area contributed by atoms with E-state index in [1.807, 2.05) is 24.0 Å². The van der Waals surface area contributed by atoms with E-state index in [2.05, 4.69) is 9.71 Å². The lowest BCUT2D eigenvalue weighted by Crippen LogP contribution is -2.35. The third-order valence-electron chi connectivity index (χ3n) is 5.35. The van der Waals surface area contributed by atoms with Gasteiger partial charge in [-0.05, 0) is 49.9 Å². The molecule has 1 aliphatic heterocycles. The molecule has 0 saturated carbocycles. The maximum Gasteiger partial charge on any atom is 0.265 e. The van der Waals surface area contributed by atoms with Gasteiger partial charge < -0.3 is 9.64 Å². The molecule has 1 amide bonds. The molecule has 4 rings (SSSR count). The molecule has 0 atom stereocenters. The fraction of sp³-hybridized carbons (Fsp3) is 0.364. The van der Waals surface area contributed by atoms with Gasteiger partial charge >= 0.3 is 0 Å². The number of benzene rings is 1. The molecule has 10 heteroatoms. The van der Waals surface area contributed by atoms with Crippen molar-refractivity contribution in [1.29, 1.82) is 0 Å². The second-order valence-corrected chi connectivity index (χ2v) is 11.5. The van der Waals surface area contributed by atoms with Crippen LogP contribution in [0.2, 0.25) is 0 Å². The Hall–Kier alpha value is -2.27. The number of thiazole rings is 1. The zero-order valence-corrected chi connectivity index (χ0v) is 20.4. The minimum atomic E-state index is -3.66. The van der Waals surface area contributed by atoms with Crippen LogP contribution >= 0.6 is 22.7 Å². The first-order chi connectivity index (χ1) is 15.4. The van der Waals surface area contributed by atoms with Gasteiger partial charge in [-0.2, -0.15) is 0 Å². The SMILES string of the molecule is COc1ccc(CNS(=O)(=O)c2cc(-c3nc(C)c(C(=O)N4CCCCC4)s3)cs2)cc1. The fourth-order valence-corrected chi connectivity index (χ4v) is 6.84. The summed E-state index contributed by atoms with van der Waals surface area (Å²) in [7, 11) is -2.07. The van der Waals surface area contributed by atoms with Crippen LogP contribution in [-0.4, -0.2) is 44.4 Å². The first-order valence-electron chi connectivity index (χ1n) is 10.4. The van der Waals surface area contributed by atoms with E-state index in [0.29, 0.717) is 21.1 Å². The number of aromatic nitrogens is 1. The van der Waals surface area contributed by atoms with Crippen molar-refractivity contribution >= 4 is 38.6 Å². The third-order valence-corrected chi connectivity index (χ3v) is 9.38. The molecule has 0 radical (unpaired) electrons. The fourth-order valence-electron chi connectivity index (χ4n) is 3.52. The second kappa shape index (κ2) is 9.70. The number of nitrogens with zero attached hydrogens (tertiary/aromatic N) is 2. The van der Waals surface area contributed by atoms with Gasteiger partial charge in [0, 0.05) is 30.6 Å². The Morgan fingerprint density at radius 3 is 2.59 bits per heavy atom. The van der Waals surface area contributed by atoms with Crippen molar-refractivity contribution in [3.63, 3.8) is 0 Å². The van der Waals surface area contributed by atoms with Crippen molar-refractivity contribution < 1.29 is 17.9 Å². The smallest absolute Gasteiger partial charge is 0.265 e. The molecule has 0 aliphatic carbocycles. The van der Waals surface area contributed by atoms with E-state index in [9.17, 15) is 13.2 Å². The Balaban J connectivity index is 1.47. The van der Waals surface area contributed by atoms with Gasteiger partial charge in [-0.25, -0.2) is 18.1 Å². The number of amides is 1. The lowest BCUT2D eigenvalue weighted by molar-refractivity contribution is 0.0728. The number of likely N-dealkylation sites (tertiary alicyclic amines) is 1. The maximum absolute atomic E-state index is 12.9. The number of sulfonamides is 1. The summed E-state index contributed by atoms with van der Waals surface area (Å²) >= 11 is 2.47. The van der Waals surface area contributed by atoms with E-state index in [-0.39, 0.29) is 16.7 Å². The maximum atomic E-state index is 12.9. The molecule has 0 spiro atoms. The molecule has 3 aromatic rings. The van der Waals surface area contributed by atoms with E-state index in [4.69, 9.17) is 4.74 Å². The van der Waals surface area contributed by atoms with Crippen LogP contribution in [0.5, 0.6) is 5.75 Å². The Labute approximate surface area is 196 Å². The highest BCUT2D eigenvalue weighted by Crippen LogP contribution is 2.33. The van der Waals surface area contributed by atoms with E-state index in [0.717, 1.165) is 55.0 Å². The second-order valence-electron chi connectivity index (χ2n) is 7.61. The molecule has 2 aromatic heterocycles. The average Bonchev–Trinajstić information content (AvgIpc) is 3.46. The highest BCUT2D eigenvalue weighted by Gasteiger charge is 2.24. The molecule has 170 valence electrons. The summed E-state index contributed by atoms with van der Waals surface area (Å²) < 4.78 is 33.5. The summed E-state index contributed by atoms with van der Waals surface area (Å²) in [6, 6.07) is 8.84. The molecule has 1 aromatic carbocycles. The number of hydrogen-bond donors (Lipinski definition) is 1. The predicted octanol–water partition coefficient (Wildman–Crippen LogP) is 4.29. The molecular weight excluding hydrogens is 466 g/mol. The van der Waals surface area contributed by atoms with Gasteiger partial charge in [0.15, 0.2) is 0 Å². The van der Waals surface area contributed by atoms with Crippen molar-refractivity contribution in [1.82, 2.24) is 14.6 Å². The zero-order chi connectivity index (χ0) is 22.7. The van der Waals surface area contributed by atoms with Crippen molar-refractivity contribution in [2.45, 2.75) is 36.9 Å².